The molecule has 3 aromatic heterocycles. The molecule has 0 bridgehead atoms. The zero-order valence-corrected chi connectivity index (χ0v) is 14.1. The van der Waals surface area contributed by atoms with Gasteiger partial charge in [0.2, 0.25) is 0 Å². The Morgan fingerprint density at radius 2 is 1.69 bits per heavy atom. The Morgan fingerprint density at radius 3 is 2.46 bits per heavy atom. The Kier molecular flexibility index (Phi) is 3.09. The summed E-state index contributed by atoms with van der Waals surface area (Å²) in [5, 5.41) is 4.80. The van der Waals surface area contributed by atoms with Crippen LogP contribution in [0.3, 0.4) is 0 Å². The summed E-state index contributed by atoms with van der Waals surface area (Å²) in [5.74, 6) is 0.701. The molecule has 0 radical (unpaired) electrons. The second-order valence-electron chi connectivity index (χ2n) is 6.24. The van der Waals surface area contributed by atoms with Crippen LogP contribution in [0.15, 0.2) is 82.2 Å². The molecule has 0 saturated heterocycles. The molecule has 0 N–H and O–H groups in total. The average molecular weight is 341 g/mol. The standard InChI is InChI=1S/C21H15N3O2/c1-23-17-5-3-2-4-16(17)21-18(23)10-11-20(25)24(21)15-8-6-14(7-9-15)19-12-13-22-26-19/h2-13H,1H3. The molecule has 0 atom stereocenters. The van der Waals surface area contributed by atoms with Crippen molar-refractivity contribution in [2.24, 2.45) is 7.05 Å². The van der Waals surface area contributed by atoms with Crippen molar-refractivity contribution >= 4 is 21.9 Å². The van der Waals surface area contributed by atoms with Gasteiger partial charge in [0.15, 0.2) is 5.76 Å². The first kappa shape index (κ1) is 14.7. The lowest BCUT2D eigenvalue weighted by molar-refractivity contribution is 0.432. The Hall–Kier alpha value is -3.60. The highest BCUT2D eigenvalue weighted by Gasteiger charge is 2.14. The molecule has 26 heavy (non-hydrogen) atoms. The van der Waals surface area contributed by atoms with Crippen molar-refractivity contribution in [3.8, 4) is 17.0 Å². The number of fused-ring (bicyclic) bond motifs is 3. The third-order valence-corrected chi connectivity index (χ3v) is 4.80. The van der Waals surface area contributed by atoms with E-state index in [9.17, 15) is 4.79 Å². The lowest BCUT2D eigenvalue weighted by atomic mass is 10.1. The van der Waals surface area contributed by atoms with Crippen LogP contribution in [0, 0.1) is 0 Å². The predicted molar refractivity (Wildman–Crippen MR) is 102 cm³/mol. The van der Waals surface area contributed by atoms with Crippen LogP contribution in [0.1, 0.15) is 0 Å². The topological polar surface area (TPSA) is 53.0 Å². The van der Waals surface area contributed by atoms with Crippen LogP contribution in [0.5, 0.6) is 0 Å². The Morgan fingerprint density at radius 1 is 0.885 bits per heavy atom. The summed E-state index contributed by atoms with van der Waals surface area (Å²) in [7, 11) is 2.02. The van der Waals surface area contributed by atoms with Gasteiger partial charge in [0.1, 0.15) is 0 Å². The molecule has 0 aliphatic carbocycles. The van der Waals surface area contributed by atoms with Gasteiger partial charge in [-0.1, -0.05) is 23.4 Å². The summed E-state index contributed by atoms with van der Waals surface area (Å²) in [6, 6.07) is 21.2. The third kappa shape index (κ3) is 2.04. The summed E-state index contributed by atoms with van der Waals surface area (Å²) in [5.41, 5.74) is 4.72. The normalized spacial score (nSPS) is 11.4. The fourth-order valence-electron chi connectivity index (χ4n) is 3.55. The number of hydrogen-bond acceptors (Lipinski definition) is 3. The van der Waals surface area contributed by atoms with Crippen molar-refractivity contribution in [3.05, 3.63) is 83.3 Å². The van der Waals surface area contributed by atoms with Crippen molar-refractivity contribution in [2.75, 3.05) is 0 Å². The van der Waals surface area contributed by atoms with Crippen LogP contribution in [0.4, 0.5) is 0 Å². The van der Waals surface area contributed by atoms with E-state index in [1.807, 2.05) is 55.6 Å². The van der Waals surface area contributed by atoms with Crippen LogP contribution < -0.4 is 5.56 Å². The molecule has 5 aromatic rings. The number of pyridine rings is 1. The number of aryl methyl sites for hydroxylation is 1. The summed E-state index contributed by atoms with van der Waals surface area (Å²) in [4.78, 5) is 12.7. The molecule has 0 aliphatic heterocycles. The molecule has 5 nitrogen and oxygen atoms in total. The van der Waals surface area contributed by atoms with Crippen molar-refractivity contribution in [3.63, 3.8) is 0 Å². The molecule has 0 amide bonds. The minimum atomic E-state index is -0.0544. The molecule has 126 valence electrons. The van der Waals surface area contributed by atoms with E-state index in [0.717, 1.165) is 33.2 Å². The van der Waals surface area contributed by atoms with Crippen molar-refractivity contribution in [2.45, 2.75) is 0 Å². The smallest absolute Gasteiger partial charge is 0.255 e. The highest BCUT2D eigenvalue weighted by molar-refractivity contribution is 6.06. The second-order valence-corrected chi connectivity index (χ2v) is 6.24. The number of aromatic nitrogens is 3. The van der Waals surface area contributed by atoms with Crippen molar-refractivity contribution < 1.29 is 4.52 Å². The first-order valence-electron chi connectivity index (χ1n) is 8.35. The van der Waals surface area contributed by atoms with Gasteiger partial charge in [0.25, 0.3) is 5.56 Å². The summed E-state index contributed by atoms with van der Waals surface area (Å²) in [6.45, 7) is 0. The molecule has 0 spiro atoms. The van der Waals surface area contributed by atoms with E-state index in [2.05, 4.69) is 21.9 Å². The van der Waals surface area contributed by atoms with Gasteiger partial charge in [-0.2, -0.15) is 0 Å². The molecule has 5 heteroatoms. The molecule has 0 fully saturated rings. The van der Waals surface area contributed by atoms with Gasteiger partial charge in [-0.05, 0) is 36.4 Å². The minimum absolute atomic E-state index is 0.0544. The van der Waals surface area contributed by atoms with Gasteiger partial charge in [0.05, 0.1) is 22.7 Å². The van der Waals surface area contributed by atoms with Gasteiger partial charge >= 0.3 is 0 Å². The van der Waals surface area contributed by atoms with Gasteiger partial charge in [-0.25, -0.2) is 0 Å². The maximum atomic E-state index is 12.7. The first-order valence-corrected chi connectivity index (χ1v) is 8.35. The number of benzene rings is 2. The fraction of sp³-hybridized carbons (Fsp3) is 0.0476. The molecule has 3 heterocycles. The molecule has 0 unspecified atom stereocenters. The van der Waals surface area contributed by atoms with E-state index < -0.39 is 0 Å². The number of hydrogen-bond donors (Lipinski definition) is 0. The van der Waals surface area contributed by atoms with Crippen molar-refractivity contribution in [1.82, 2.24) is 14.3 Å². The monoisotopic (exact) mass is 341 g/mol. The number of para-hydroxylation sites is 1. The zero-order valence-electron chi connectivity index (χ0n) is 14.1. The van der Waals surface area contributed by atoms with Crippen LogP contribution in [0.25, 0.3) is 38.9 Å². The fourth-order valence-corrected chi connectivity index (χ4v) is 3.55. The van der Waals surface area contributed by atoms with Crippen LogP contribution >= 0.6 is 0 Å². The Bertz CT molecular complexity index is 1290. The molecule has 0 saturated carbocycles. The van der Waals surface area contributed by atoms with Crippen molar-refractivity contribution in [1.29, 1.82) is 0 Å². The van der Waals surface area contributed by atoms with E-state index in [1.165, 1.54) is 0 Å². The maximum Gasteiger partial charge on any atom is 0.255 e. The first-order chi connectivity index (χ1) is 12.7. The van der Waals surface area contributed by atoms with Crippen LogP contribution in [-0.2, 0) is 7.05 Å². The molecule has 2 aromatic carbocycles. The van der Waals surface area contributed by atoms with Gasteiger partial charge in [-0.15, -0.1) is 0 Å². The molecular weight excluding hydrogens is 326 g/mol. The summed E-state index contributed by atoms with van der Waals surface area (Å²) >= 11 is 0. The van der Waals surface area contributed by atoms with Gasteiger partial charge < -0.3 is 9.09 Å². The predicted octanol–water partition coefficient (Wildman–Crippen LogP) is 4.14. The zero-order chi connectivity index (χ0) is 17.7. The van der Waals surface area contributed by atoms with Crippen LogP contribution in [-0.4, -0.2) is 14.3 Å². The van der Waals surface area contributed by atoms with E-state index in [1.54, 1.807) is 16.8 Å². The Labute approximate surface area is 148 Å². The van der Waals surface area contributed by atoms with Gasteiger partial charge in [0, 0.05) is 35.8 Å². The third-order valence-electron chi connectivity index (χ3n) is 4.80. The van der Waals surface area contributed by atoms with E-state index >= 15 is 0 Å². The summed E-state index contributed by atoms with van der Waals surface area (Å²) < 4.78 is 9.08. The van der Waals surface area contributed by atoms with E-state index in [4.69, 9.17) is 4.52 Å². The lowest BCUT2D eigenvalue weighted by Gasteiger charge is -2.09. The number of nitrogens with zero attached hydrogens (tertiary/aromatic N) is 3. The Balaban J connectivity index is 1.80. The average Bonchev–Trinajstić information content (AvgIpc) is 3.30. The quantitative estimate of drug-likeness (QED) is 0.485. The highest BCUT2D eigenvalue weighted by atomic mass is 16.5. The minimum Gasteiger partial charge on any atom is -0.356 e. The van der Waals surface area contributed by atoms with Crippen LogP contribution in [0.2, 0.25) is 0 Å². The molecule has 5 rings (SSSR count). The second kappa shape index (κ2) is 5.46. The van der Waals surface area contributed by atoms with E-state index in [0.29, 0.717) is 5.76 Å². The highest BCUT2D eigenvalue weighted by Crippen LogP contribution is 2.29. The lowest BCUT2D eigenvalue weighted by Crippen LogP contribution is -2.17. The summed E-state index contributed by atoms with van der Waals surface area (Å²) in [6.07, 6.45) is 1.62. The molecular formula is C21H15N3O2. The van der Waals surface area contributed by atoms with E-state index in [-0.39, 0.29) is 5.56 Å². The van der Waals surface area contributed by atoms with Gasteiger partial charge in [-0.3, -0.25) is 9.36 Å². The molecule has 0 aliphatic rings. The number of rotatable bonds is 2. The SMILES string of the molecule is Cn1c2ccccc2c2c1ccc(=O)n2-c1ccc(-c2ccno2)cc1. The largest absolute Gasteiger partial charge is 0.356 e. The maximum absolute atomic E-state index is 12.7.